The number of hydrogen-bond donors (Lipinski definition) is 2. The van der Waals surface area contributed by atoms with Crippen molar-refractivity contribution >= 4 is 37.0 Å². The summed E-state index contributed by atoms with van der Waals surface area (Å²) in [6, 6.07) is 3.83. The number of nitrogens with zero attached hydrogens (tertiary/aromatic N) is 4. The number of carbonyl (C=O) groups is 3. The average Bonchev–Trinajstić information content (AvgIpc) is 3.44. The second-order valence-corrected chi connectivity index (χ2v) is 13.1. The van der Waals surface area contributed by atoms with E-state index in [4.69, 9.17) is 38.5 Å². The summed E-state index contributed by atoms with van der Waals surface area (Å²) in [5.41, 5.74) is 4.20. The molecule has 0 aliphatic rings. The lowest BCUT2D eigenvalue weighted by Crippen LogP contribution is -2.53. The Morgan fingerprint density at radius 1 is 0.979 bits per heavy atom. The van der Waals surface area contributed by atoms with Crippen LogP contribution >= 0.6 is 7.75 Å². The highest BCUT2D eigenvalue weighted by Crippen LogP contribution is 2.46. The number of aromatic nitrogens is 3. The number of esters is 3. The number of nitrogen functional groups attached to an aromatic ring is 1. The third-order valence-corrected chi connectivity index (χ3v) is 8.27. The van der Waals surface area contributed by atoms with E-state index in [1.807, 2.05) is 6.07 Å². The van der Waals surface area contributed by atoms with Crippen LogP contribution in [0.25, 0.3) is 5.52 Å². The molecule has 0 amide bonds. The number of nitriles is 1. The summed E-state index contributed by atoms with van der Waals surface area (Å²) in [4.78, 5) is 42.7. The lowest BCUT2D eigenvalue weighted by Gasteiger charge is -2.38. The van der Waals surface area contributed by atoms with Crippen LogP contribution in [0.4, 0.5) is 5.82 Å². The van der Waals surface area contributed by atoms with Crippen molar-refractivity contribution in [2.24, 2.45) is 11.8 Å². The van der Waals surface area contributed by atoms with Crippen LogP contribution in [0.3, 0.4) is 0 Å². The van der Waals surface area contributed by atoms with E-state index in [0.717, 1.165) is 7.11 Å². The van der Waals surface area contributed by atoms with Crippen molar-refractivity contribution in [1.82, 2.24) is 19.7 Å². The molecule has 0 aromatic carbocycles. The molecule has 3 N–H and O–H groups in total. The Morgan fingerprint density at radius 2 is 1.62 bits per heavy atom. The van der Waals surface area contributed by atoms with E-state index < -0.39 is 74.1 Å². The minimum atomic E-state index is -4.45. The third-order valence-electron chi connectivity index (χ3n) is 6.57. The predicted molar refractivity (Wildman–Crippen MR) is 166 cm³/mol. The Kier molecular flexibility index (Phi) is 14.7. The lowest BCUT2D eigenvalue weighted by atomic mass is 9.92. The van der Waals surface area contributed by atoms with Crippen molar-refractivity contribution in [3.63, 3.8) is 0 Å². The first kappa shape index (κ1) is 39.5. The van der Waals surface area contributed by atoms with Crippen molar-refractivity contribution in [3.8, 4) is 6.07 Å². The predicted octanol–water partition coefficient (Wildman–Crippen LogP) is 2.75. The van der Waals surface area contributed by atoms with Gasteiger partial charge in [-0.2, -0.15) is 10.4 Å². The van der Waals surface area contributed by atoms with Gasteiger partial charge in [-0.25, -0.2) is 19.2 Å². The molecule has 0 fully saturated rings. The summed E-state index contributed by atoms with van der Waals surface area (Å²) in [5, 5.41) is 17.4. The van der Waals surface area contributed by atoms with Crippen LogP contribution in [0.1, 0.15) is 60.3 Å². The molecule has 2 aromatic rings. The summed E-state index contributed by atoms with van der Waals surface area (Å²) in [6.07, 6.45) is -2.59. The largest absolute Gasteiger partial charge is 0.462 e. The summed E-state index contributed by atoms with van der Waals surface area (Å²) in [7, 11) is -1.92. The van der Waals surface area contributed by atoms with Crippen molar-refractivity contribution in [1.29, 1.82) is 5.26 Å². The maximum atomic E-state index is 14.0. The highest BCUT2D eigenvalue weighted by molar-refractivity contribution is 7.51. The van der Waals surface area contributed by atoms with Gasteiger partial charge in [-0.15, -0.1) is 0 Å². The van der Waals surface area contributed by atoms with Gasteiger partial charge in [0.05, 0.1) is 36.8 Å². The number of nitrogens with one attached hydrogen (secondary N) is 1. The van der Waals surface area contributed by atoms with Gasteiger partial charge in [-0.05, 0) is 32.9 Å². The molecule has 0 aliphatic carbocycles. The van der Waals surface area contributed by atoms with Crippen LogP contribution < -0.4 is 10.8 Å². The number of anilines is 1. The number of hydrogen-bond acceptors (Lipinski definition) is 15. The second-order valence-electron chi connectivity index (χ2n) is 11.4. The quantitative estimate of drug-likeness (QED) is 0.0939. The van der Waals surface area contributed by atoms with Gasteiger partial charge in [0.2, 0.25) is 5.60 Å². The number of carbonyl (C=O) groups excluding carboxylic acids is 3. The lowest BCUT2D eigenvalue weighted by molar-refractivity contribution is -0.197. The van der Waals surface area contributed by atoms with E-state index in [-0.39, 0.29) is 24.7 Å². The highest BCUT2D eigenvalue weighted by atomic mass is 31.2. The summed E-state index contributed by atoms with van der Waals surface area (Å²) in [6.45, 7) is 9.86. The molecule has 0 radical (unpaired) electrons. The molecule has 2 heterocycles. The van der Waals surface area contributed by atoms with E-state index in [9.17, 15) is 24.2 Å². The van der Waals surface area contributed by atoms with Crippen LogP contribution in [0.2, 0.25) is 0 Å². The van der Waals surface area contributed by atoms with E-state index in [2.05, 4.69) is 15.2 Å². The second kappa shape index (κ2) is 17.5. The van der Waals surface area contributed by atoms with Gasteiger partial charge in [0.25, 0.3) is 0 Å². The average molecular weight is 685 g/mol. The van der Waals surface area contributed by atoms with Crippen LogP contribution in [0, 0.1) is 23.2 Å². The molecule has 2 aromatic heterocycles. The first-order valence-electron chi connectivity index (χ1n) is 14.9. The maximum absolute atomic E-state index is 14.0. The maximum Gasteiger partial charge on any atom is 0.406 e. The molecule has 5 atom stereocenters. The molecule has 0 saturated heterocycles. The van der Waals surface area contributed by atoms with E-state index in [1.165, 1.54) is 30.9 Å². The molecule has 0 spiro atoms. The number of fused-ring (bicyclic) bond motifs is 1. The molecule has 2 rings (SSSR count). The van der Waals surface area contributed by atoms with E-state index in [0.29, 0.717) is 5.52 Å². The monoisotopic (exact) mass is 684 g/mol. The molecule has 17 nitrogen and oxygen atoms in total. The smallest absolute Gasteiger partial charge is 0.406 e. The SMILES string of the molecule is COCCOP(=O)(N[C@@H](C)C(=O)OC(C)C)OCC(C#N)(OC)[C@@H](OC(=O)C(C)C)[C@@H](OC(=O)C(C)C)c1ccc2c(N)ncnn12. The van der Waals surface area contributed by atoms with Crippen molar-refractivity contribution < 1.29 is 51.7 Å². The number of nitrogens with two attached hydrogens (primary N) is 1. The van der Waals surface area contributed by atoms with Gasteiger partial charge < -0.3 is 29.4 Å². The van der Waals surface area contributed by atoms with E-state index in [1.54, 1.807) is 47.6 Å². The molecule has 18 heteroatoms. The minimum Gasteiger partial charge on any atom is -0.462 e. The molecule has 2 unspecified atom stereocenters. The van der Waals surface area contributed by atoms with Gasteiger partial charge in [-0.1, -0.05) is 27.7 Å². The van der Waals surface area contributed by atoms with Crippen LogP contribution in [0.5, 0.6) is 0 Å². The standard InChI is InChI=1S/C29H45N6O11P/c1-17(2)26(36)45-23(21-10-11-22-25(31)32-16-33-35(21)22)24(46-27(37)18(3)4)29(14-30,41-9)15-43-47(39,42-13-12-40-8)34-20(7)28(38)44-19(5)6/h10-11,16-20,23-24H,12-13,15H2,1-9H3,(H,34,39)(H2,31,32,33)/t20-,23-,24-,29?,47?/m0/s1. The fourth-order valence-electron chi connectivity index (χ4n) is 3.95. The summed E-state index contributed by atoms with van der Waals surface area (Å²) >= 11 is 0. The topological polar surface area (TPSA) is 225 Å². The fourth-order valence-corrected chi connectivity index (χ4v) is 5.43. The molecular weight excluding hydrogens is 639 g/mol. The Morgan fingerprint density at radius 3 is 2.17 bits per heavy atom. The molecule has 0 saturated carbocycles. The normalized spacial score (nSPS) is 16.2. The zero-order valence-corrected chi connectivity index (χ0v) is 29.0. The van der Waals surface area contributed by atoms with Gasteiger partial charge in [0, 0.05) is 14.2 Å². The third kappa shape index (κ3) is 10.4. The Hall–Kier alpha value is -3.65. The van der Waals surface area contributed by atoms with Gasteiger partial charge in [0.1, 0.15) is 30.6 Å². The van der Waals surface area contributed by atoms with Crippen molar-refractivity contribution in [2.75, 3.05) is 39.8 Å². The molecule has 0 aliphatic heterocycles. The molecule has 47 heavy (non-hydrogen) atoms. The Balaban J connectivity index is 2.70. The molecular formula is C29H45N6O11P. The Labute approximate surface area is 273 Å². The number of ether oxygens (including phenoxy) is 5. The van der Waals surface area contributed by atoms with Gasteiger partial charge >= 0.3 is 25.7 Å². The zero-order chi connectivity index (χ0) is 35.5. The van der Waals surface area contributed by atoms with Crippen LogP contribution in [-0.2, 0) is 51.7 Å². The first-order valence-corrected chi connectivity index (χ1v) is 16.4. The fraction of sp³-hybridized carbons (Fsp3) is 0.655. The minimum absolute atomic E-state index is 0.00164. The van der Waals surface area contributed by atoms with Gasteiger partial charge in [0.15, 0.2) is 18.0 Å². The summed E-state index contributed by atoms with van der Waals surface area (Å²) in [5.74, 6) is -3.49. The number of methoxy groups -OCH3 is 2. The first-order chi connectivity index (χ1) is 22.0. The molecule has 0 bridgehead atoms. The highest BCUT2D eigenvalue weighted by Gasteiger charge is 2.52. The number of rotatable bonds is 19. The van der Waals surface area contributed by atoms with Crippen LogP contribution in [0.15, 0.2) is 18.5 Å². The van der Waals surface area contributed by atoms with Crippen molar-refractivity contribution in [3.05, 3.63) is 24.2 Å². The molecule has 262 valence electrons. The van der Waals surface area contributed by atoms with E-state index >= 15 is 0 Å². The summed E-state index contributed by atoms with van der Waals surface area (Å²) < 4.78 is 54.1. The Bertz CT molecular complexity index is 1460. The zero-order valence-electron chi connectivity index (χ0n) is 28.1. The van der Waals surface area contributed by atoms with Gasteiger partial charge in [-0.3, -0.25) is 23.4 Å². The van der Waals surface area contributed by atoms with Crippen LogP contribution in [-0.4, -0.2) is 90.4 Å². The van der Waals surface area contributed by atoms with Crippen molar-refractivity contribution in [2.45, 2.75) is 78.4 Å².